The van der Waals surface area contributed by atoms with Gasteiger partial charge in [-0.25, -0.2) is 0 Å². The topological polar surface area (TPSA) is 72.4 Å². The Morgan fingerprint density at radius 1 is 1.00 bits per heavy atom. The van der Waals surface area contributed by atoms with E-state index < -0.39 is 6.10 Å². The minimum Gasteiger partial charge on any atom is -0.493 e. The minimum absolute atomic E-state index is 0.123. The summed E-state index contributed by atoms with van der Waals surface area (Å²) in [4.78, 5) is 0. The fourth-order valence-electron chi connectivity index (χ4n) is 2.99. The van der Waals surface area contributed by atoms with Gasteiger partial charge in [0, 0.05) is 6.54 Å². The number of benzene rings is 2. The van der Waals surface area contributed by atoms with E-state index in [4.69, 9.17) is 14.9 Å². The van der Waals surface area contributed by atoms with E-state index in [0.717, 1.165) is 11.0 Å². The number of ether oxygens (including phenoxy) is 2. The molecule has 0 unspecified atom stereocenters. The molecule has 1 aromatic heterocycles. The second-order valence-electron chi connectivity index (χ2n) is 5.78. The monoisotopic (exact) mass is 341 g/mol. The van der Waals surface area contributed by atoms with Gasteiger partial charge in [0.2, 0.25) is 5.62 Å². The Kier molecular flexibility index (Phi) is 5.09. The molecule has 0 saturated heterocycles. The van der Waals surface area contributed by atoms with E-state index in [1.165, 1.54) is 0 Å². The molecule has 0 bridgehead atoms. The van der Waals surface area contributed by atoms with Crippen LogP contribution in [0.25, 0.3) is 11.0 Å². The van der Waals surface area contributed by atoms with Crippen molar-refractivity contribution < 1.29 is 14.6 Å². The molecule has 0 saturated carbocycles. The lowest BCUT2D eigenvalue weighted by Gasteiger charge is -2.15. The number of aliphatic hydroxyl groups excluding tert-OH is 1. The van der Waals surface area contributed by atoms with Crippen LogP contribution in [-0.4, -0.2) is 34.1 Å². The van der Waals surface area contributed by atoms with E-state index in [9.17, 15) is 5.11 Å². The van der Waals surface area contributed by atoms with E-state index >= 15 is 0 Å². The summed E-state index contributed by atoms with van der Waals surface area (Å²) in [6.07, 6.45) is -0.741. The van der Waals surface area contributed by atoms with Crippen molar-refractivity contribution in [1.29, 1.82) is 5.41 Å². The molecule has 1 heterocycles. The van der Waals surface area contributed by atoms with Crippen LogP contribution in [0.2, 0.25) is 0 Å². The number of nitrogens with zero attached hydrogens (tertiary/aromatic N) is 2. The largest absolute Gasteiger partial charge is 0.493 e. The zero-order valence-corrected chi connectivity index (χ0v) is 14.5. The molecule has 6 heteroatoms. The number of aliphatic hydroxyl groups is 1. The normalized spacial score (nSPS) is 12.3. The zero-order chi connectivity index (χ0) is 17.8. The third-order valence-electron chi connectivity index (χ3n) is 4.18. The smallest absolute Gasteiger partial charge is 0.203 e. The molecular weight excluding hydrogens is 318 g/mol. The molecule has 0 spiro atoms. The van der Waals surface area contributed by atoms with E-state index in [2.05, 4.69) is 0 Å². The molecule has 6 nitrogen and oxygen atoms in total. The minimum atomic E-state index is -0.741. The summed E-state index contributed by atoms with van der Waals surface area (Å²) >= 11 is 0. The summed E-state index contributed by atoms with van der Waals surface area (Å²) < 4.78 is 14.7. The van der Waals surface area contributed by atoms with Crippen molar-refractivity contribution in [3.63, 3.8) is 0 Å². The molecular formula is C19H23N3O3. The Morgan fingerprint density at radius 2 is 1.60 bits per heavy atom. The number of imidazole rings is 1. The fraction of sp³-hybridized carbons (Fsp3) is 0.316. The molecule has 3 rings (SSSR count). The van der Waals surface area contributed by atoms with Crippen molar-refractivity contribution in [2.24, 2.45) is 0 Å². The third kappa shape index (κ3) is 3.39. The highest BCUT2D eigenvalue weighted by molar-refractivity contribution is 5.75. The highest BCUT2D eigenvalue weighted by atomic mass is 16.5. The van der Waals surface area contributed by atoms with Gasteiger partial charge in [-0.3, -0.25) is 5.41 Å². The van der Waals surface area contributed by atoms with Gasteiger partial charge in [-0.15, -0.1) is 0 Å². The summed E-state index contributed by atoms with van der Waals surface area (Å²) in [5.74, 6) is 1.22. The van der Waals surface area contributed by atoms with Gasteiger partial charge >= 0.3 is 0 Å². The molecule has 25 heavy (non-hydrogen) atoms. The third-order valence-corrected chi connectivity index (χ3v) is 4.18. The molecule has 0 aliphatic heterocycles. The Bertz CT molecular complexity index is 914. The molecule has 1 atom stereocenters. The predicted molar refractivity (Wildman–Crippen MR) is 96.0 cm³/mol. The lowest BCUT2D eigenvalue weighted by atomic mass is 10.3. The van der Waals surface area contributed by atoms with Crippen LogP contribution in [-0.2, 0) is 13.1 Å². The molecule has 0 aliphatic rings. The Morgan fingerprint density at radius 3 is 2.24 bits per heavy atom. The second kappa shape index (κ2) is 7.44. The molecule has 3 aromatic rings. The summed E-state index contributed by atoms with van der Waals surface area (Å²) in [5.41, 5.74) is 2.30. The first-order chi connectivity index (χ1) is 12.2. The van der Waals surface area contributed by atoms with Crippen LogP contribution < -0.4 is 15.1 Å². The van der Waals surface area contributed by atoms with Crippen molar-refractivity contribution in [3.8, 4) is 11.5 Å². The van der Waals surface area contributed by atoms with Crippen LogP contribution in [0.15, 0.2) is 48.5 Å². The van der Waals surface area contributed by atoms with Crippen LogP contribution in [0.5, 0.6) is 11.5 Å². The highest BCUT2D eigenvalue weighted by Gasteiger charge is 2.14. The van der Waals surface area contributed by atoms with E-state index in [1.807, 2.05) is 58.5 Å². The number of para-hydroxylation sites is 4. The average molecular weight is 341 g/mol. The van der Waals surface area contributed by atoms with Crippen LogP contribution in [0.4, 0.5) is 0 Å². The molecule has 2 aromatic carbocycles. The van der Waals surface area contributed by atoms with Crippen molar-refractivity contribution >= 4 is 11.0 Å². The lowest BCUT2D eigenvalue weighted by Crippen LogP contribution is -2.31. The first-order valence-electron chi connectivity index (χ1n) is 8.32. The number of nitrogens with one attached hydrogen (secondary N) is 1. The van der Waals surface area contributed by atoms with E-state index in [1.54, 1.807) is 13.2 Å². The first kappa shape index (κ1) is 17.1. The van der Waals surface area contributed by atoms with Gasteiger partial charge < -0.3 is 23.7 Å². The van der Waals surface area contributed by atoms with E-state index in [0.29, 0.717) is 30.2 Å². The fourth-order valence-corrected chi connectivity index (χ4v) is 2.99. The lowest BCUT2D eigenvalue weighted by molar-refractivity contribution is 0.0906. The van der Waals surface area contributed by atoms with Gasteiger partial charge in [0.15, 0.2) is 11.5 Å². The quantitative estimate of drug-likeness (QED) is 0.693. The second-order valence-corrected chi connectivity index (χ2v) is 5.78. The van der Waals surface area contributed by atoms with Crippen molar-refractivity contribution in [2.75, 3.05) is 13.7 Å². The number of methoxy groups -OCH3 is 1. The maximum atomic E-state index is 10.4. The van der Waals surface area contributed by atoms with Gasteiger partial charge in [0.1, 0.15) is 12.7 Å². The summed E-state index contributed by atoms with van der Waals surface area (Å²) in [7, 11) is 1.58. The van der Waals surface area contributed by atoms with Gasteiger partial charge in [-0.2, -0.15) is 0 Å². The molecule has 0 radical (unpaired) electrons. The van der Waals surface area contributed by atoms with Gasteiger partial charge in [-0.1, -0.05) is 24.3 Å². The molecule has 132 valence electrons. The molecule has 0 amide bonds. The molecule has 2 N–H and O–H groups in total. The number of hydrogen-bond acceptors (Lipinski definition) is 4. The maximum absolute atomic E-state index is 10.4. The van der Waals surface area contributed by atoms with Crippen LogP contribution in [0, 0.1) is 5.41 Å². The van der Waals surface area contributed by atoms with E-state index in [-0.39, 0.29) is 6.61 Å². The van der Waals surface area contributed by atoms with Crippen molar-refractivity contribution in [2.45, 2.75) is 26.1 Å². The number of fused-ring (bicyclic) bond motifs is 1. The standard InChI is InChI=1S/C19H23N3O3/c1-3-21-15-8-4-5-9-16(15)22(19(21)20)12-14(23)13-25-18-11-7-6-10-17(18)24-2/h4-11,14,20,23H,3,12-13H2,1-2H3/t14-/m1/s1. The summed E-state index contributed by atoms with van der Waals surface area (Å²) in [6, 6.07) is 15.2. The van der Waals surface area contributed by atoms with Crippen molar-refractivity contribution in [3.05, 3.63) is 54.1 Å². The predicted octanol–water partition coefficient (Wildman–Crippen LogP) is 2.39. The number of aryl methyl sites for hydroxylation is 1. The molecule has 0 aliphatic carbocycles. The first-order valence-corrected chi connectivity index (χ1v) is 8.32. The SMILES string of the molecule is CCn1c(=N)n(C[C@@H](O)COc2ccccc2OC)c2ccccc21. The average Bonchev–Trinajstić information content (AvgIpc) is 2.91. The van der Waals surface area contributed by atoms with Gasteiger partial charge in [0.25, 0.3) is 0 Å². The number of aromatic nitrogens is 2. The van der Waals surface area contributed by atoms with Crippen LogP contribution >= 0.6 is 0 Å². The Labute approximate surface area is 146 Å². The Hall–Kier alpha value is -2.73. The number of hydrogen-bond donors (Lipinski definition) is 2. The summed E-state index contributed by atoms with van der Waals surface area (Å²) in [6.45, 7) is 3.14. The maximum Gasteiger partial charge on any atom is 0.203 e. The van der Waals surface area contributed by atoms with Crippen LogP contribution in [0.1, 0.15) is 6.92 Å². The highest BCUT2D eigenvalue weighted by Crippen LogP contribution is 2.25. The van der Waals surface area contributed by atoms with Crippen LogP contribution in [0.3, 0.4) is 0 Å². The van der Waals surface area contributed by atoms with Gasteiger partial charge in [0.05, 0.1) is 24.7 Å². The van der Waals surface area contributed by atoms with Gasteiger partial charge in [-0.05, 0) is 31.2 Å². The van der Waals surface area contributed by atoms with Crippen molar-refractivity contribution in [1.82, 2.24) is 9.13 Å². The molecule has 0 fully saturated rings. The number of rotatable bonds is 7. The Balaban J connectivity index is 1.77. The summed E-state index contributed by atoms with van der Waals surface area (Å²) in [5, 5.41) is 18.8. The zero-order valence-electron chi connectivity index (χ0n) is 14.5.